The van der Waals surface area contributed by atoms with E-state index < -0.39 is 6.04 Å². The van der Waals surface area contributed by atoms with Gasteiger partial charge in [-0.3, -0.25) is 9.59 Å². The Bertz CT molecular complexity index is 649. The normalized spacial score (nSPS) is 18.0. The summed E-state index contributed by atoms with van der Waals surface area (Å²) in [5.41, 5.74) is 1.47. The van der Waals surface area contributed by atoms with E-state index in [1.54, 1.807) is 36.6 Å². The van der Waals surface area contributed by atoms with Gasteiger partial charge in [0.1, 0.15) is 6.04 Å². The van der Waals surface area contributed by atoms with E-state index in [4.69, 9.17) is 0 Å². The molecule has 1 fully saturated rings. The smallest absolute Gasteiger partial charge is 0.251 e. The highest BCUT2D eigenvalue weighted by atomic mass is 16.2. The van der Waals surface area contributed by atoms with Gasteiger partial charge >= 0.3 is 0 Å². The first-order valence-corrected chi connectivity index (χ1v) is 6.79. The number of likely N-dealkylation sites (N-methyl/N-ethyl adjacent to an activating group) is 1. The minimum atomic E-state index is -0.407. The molecule has 1 unspecified atom stereocenters. The van der Waals surface area contributed by atoms with Crippen molar-refractivity contribution >= 4 is 11.8 Å². The Balaban J connectivity index is 1.69. The van der Waals surface area contributed by atoms with Gasteiger partial charge in [-0.25, -0.2) is 4.98 Å². The fourth-order valence-corrected chi connectivity index (χ4v) is 2.39. The maximum Gasteiger partial charge on any atom is 0.251 e. The van der Waals surface area contributed by atoms with Gasteiger partial charge in [0.25, 0.3) is 5.91 Å². The number of amides is 2. The highest BCUT2D eigenvalue weighted by Gasteiger charge is 2.30. The third-order valence-corrected chi connectivity index (χ3v) is 3.66. The number of carbonyl (C=O) groups is 2. The number of imidazole rings is 1. The SMILES string of the molecule is CN1CCC(NC(=O)c2ccc(-n3ccnc3)cc2)C1=O. The summed E-state index contributed by atoms with van der Waals surface area (Å²) in [5, 5.41) is 2.78. The fourth-order valence-electron chi connectivity index (χ4n) is 2.39. The molecule has 1 saturated heterocycles. The average Bonchev–Trinajstić information content (AvgIpc) is 3.13. The van der Waals surface area contributed by atoms with E-state index in [2.05, 4.69) is 10.3 Å². The first kappa shape index (κ1) is 13.4. The van der Waals surface area contributed by atoms with Crippen molar-refractivity contribution in [1.82, 2.24) is 19.8 Å². The molecule has 0 radical (unpaired) electrons. The van der Waals surface area contributed by atoms with Crippen LogP contribution in [0.4, 0.5) is 0 Å². The standard InChI is InChI=1S/C15H16N4O2/c1-18-8-6-13(15(18)21)17-14(20)11-2-4-12(5-3-11)19-9-7-16-10-19/h2-5,7,9-10,13H,6,8H2,1H3,(H,17,20). The van der Waals surface area contributed by atoms with E-state index in [9.17, 15) is 9.59 Å². The highest BCUT2D eigenvalue weighted by molar-refractivity contribution is 5.98. The van der Waals surface area contributed by atoms with E-state index in [0.29, 0.717) is 18.5 Å². The molecular weight excluding hydrogens is 268 g/mol. The molecular formula is C15H16N4O2. The van der Waals surface area contributed by atoms with Crippen LogP contribution >= 0.6 is 0 Å². The zero-order chi connectivity index (χ0) is 14.8. The molecule has 1 aromatic carbocycles. The lowest BCUT2D eigenvalue weighted by molar-refractivity contribution is -0.128. The van der Waals surface area contributed by atoms with Crippen LogP contribution in [0.15, 0.2) is 43.0 Å². The molecule has 108 valence electrons. The minimum Gasteiger partial charge on any atom is -0.344 e. The van der Waals surface area contributed by atoms with E-state index in [1.807, 2.05) is 22.9 Å². The molecule has 0 bridgehead atoms. The van der Waals surface area contributed by atoms with Crippen LogP contribution in [0.1, 0.15) is 16.8 Å². The molecule has 1 atom stereocenters. The maximum absolute atomic E-state index is 12.1. The fraction of sp³-hybridized carbons (Fsp3) is 0.267. The summed E-state index contributed by atoms with van der Waals surface area (Å²) in [6.07, 6.45) is 5.89. The van der Waals surface area contributed by atoms with Crippen molar-refractivity contribution in [2.24, 2.45) is 0 Å². The van der Waals surface area contributed by atoms with Gasteiger partial charge in [0.15, 0.2) is 0 Å². The Morgan fingerprint density at radius 1 is 1.33 bits per heavy atom. The number of aromatic nitrogens is 2. The second-order valence-electron chi connectivity index (χ2n) is 5.09. The van der Waals surface area contributed by atoms with Crippen LogP contribution in [0.5, 0.6) is 0 Å². The Labute approximate surface area is 122 Å². The summed E-state index contributed by atoms with van der Waals surface area (Å²) < 4.78 is 1.86. The van der Waals surface area contributed by atoms with Crippen molar-refractivity contribution in [3.63, 3.8) is 0 Å². The van der Waals surface area contributed by atoms with Crippen LogP contribution < -0.4 is 5.32 Å². The number of benzene rings is 1. The summed E-state index contributed by atoms with van der Waals surface area (Å²) in [4.78, 5) is 29.5. The summed E-state index contributed by atoms with van der Waals surface area (Å²) in [7, 11) is 1.74. The Morgan fingerprint density at radius 2 is 2.10 bits per heavy atom. The molecule has 1 N–H and O–H groups in total. The van der Waals surface area contributed by atoms with Crippen LogP contribution in [0.3, 0.4) is 0 Å². The molecule has 0 aliphatic carbocycles. The Kier molecular flexibility index (Phi) is 3.43. The monoisotopic (exact) mass is 284 g/mol. The summed E-state index contributed by atoms with van der Waals surface area (Å²) in [6.45, 7) is 0.684. The summed E-state index contributed by atoms with van der Waals surface area (Å²) in [6, 6.07) is 6.77. The molecule has 6 nitrogen and oxygen atoms in total. The quantitative estimate of drug-likeness (QED) is 0.908. The molecule has 0 saturated carbocycles. The van der Waals surface area contributed by atoms with Gasteiger partial charge in [-0.1, -0.05) is 0 Å². The van der Waals surface area contributed by atoms with E-state index in [-0.39, 0.29) is 11.8 Å². The minimum absolute atomic E-state index is 0.0293. The molecule has 2 heterocycles. The average molecular weight is 284 g/mol. The number of carbonyl (C=O) groups excluding carboxylic acids is 2. The number of nitrogens with zero attached hydrogens (tertiary/aromatic N) is 3. The molecule has 2 aromatic rings. The lowest BCUT2D eigenvalue weighted by Gasteiger charge is -2.12. The molecule has 6 heteroatoms. The molecule has 0 spiro atoms. The highest BCUT2D eigenvalue weighted by Crippen LogP contribution is 2.12. The summed E-state index contributed by atoms with van der Waals surface area (Å²) in [5.74, 6) is -0.251. The molecule has 3 rings (SSSR count). The van der Waals surface area contributed by atoms with Gasteiger partial charge in [-0.05, 0) is 30.7 Å². The number of nitrogens with one attached hydrogen (secondary N) is 1. The van der Waals surface area contributed by atoms with E-state index in [1.165, 1.54) is 0 Å². The van der Waals surface area contributed by atoms with Crippen molar-refractivity contribution in [3.8, 4) is 5.69 Å². The van der Waals surface area contributed by atoms with Crippen LogP contribution in [-0.2, 0) is 4.79 Å². The summed E-state index contributed by atoms with van der Waals surface area (Å²) >= 11 is 0. The van der Waals surface area contributed by atoms with Gasteiger partial charge in [-0.15, -0.1) is 0 Å². The van der Waals surface area contributed by atoms with Crippen molar-refractivity contribution in [2.45, 2.75) is 12.5 Å². The van der Waals surface area contributed by atoms with E-state index >= 15 is 0 Å². The maximum atomic E-state index is 12.1. The second-order valence-corrected chi connectivity index (χ2v) is 5.09. The van der Waals surface area contributed by atoms with E-state index in [0.717, 1.165) is 5.69 Å². The van der Waals surface area contributed by atoms with Gasteiger partial charge in [0.2, 0.25) is 5.91 Å². The largest absolute Gasteiger partial charge is 0.344 e. The van der Waals surface area contributed by atoms with Crippen LogP contribution in [0, 0.1) is 0 Å². The Morgan fingerprint density at radius 3 is 2.67 bits per heavy atom. The lowest BCUT2D eigenvalue weighted by atomic mass is 10.1. The van der Waals surface area contributed by atoms with Crippen LogP contribution in [-0.4, -0.2) is 45.9 Å². The zero-order valence-electron chi connectivity index (χ0n) is 11.7. The molecule has 1 aliphatic heterocycles. The van der Waals surface area contributed by atoms with Gasteiger partial charge in [0, 0.05) is 37.2 Å². The van der Waals surface area contributed by atoms with Gasteiger partial charge < -0.3 is 14.8 Å². The first-order valence-electron chi connectivity index (χ1n) is 6.79. The number of hydrogen-bond acceptors (Lipinski definition) is 3. The van der Waals surface area contributed by atoms with Crippen LogP contribution in [0.2, 0.25) is 0 Å². The van der Waals surface area contributed by atoms with Crippen molar-refractivity contribution in [1.29, 1.82) is 0 Å². The molecule has 21 heavy (non-hydrogen) atoms. The topological polar surface area (TPSA) is 67.2 Å². The van der Waals surface area contributed by atoms with Crippen LogP contribution in [0.25, 0.3) is 5.69 Å². The van der Waals surface area contributed by atoms with Crippen molar-refractivity contribution in [3.05, 3.63) is 48.5 Å². The predicted octanol–water partition coefficient (Wildman–Crippen LogP) is 0.833. The third kappa shape index (κ3) is 2.65. The van der Waals surface area contributed by atoms with Crippen molar-refractivity contribution in [2.75, 3.05) is 13.6 Å². The molecule has 1 aromatic heterocycles. The number of likely N-dealkylation sites (tertiary alicyclic amines) is 1. The predicted molar refractivity (Wildman–Crippen MR) is 77.1 cm³/mol. The number of hydrogen-bond donors (Lipinski definition) is 1. The van der Waals surface area contributed by atoms with Gasteiger partial charge in [-0.2, -0.15) is 0 Å². The van der Waals surface area contributed by atoms with Crippen molar-refractivity contribution < 1.29 is 9.59 Å². The zero-order valence-corrected chi connectivity index (χ0v) is 11.7. The molecule has 2 amide bonds. The third-order valence-electron chi connectivity index (χ3n) is 3.66. The second kappa shape index (κ2) is 5.40. The van der Waals surface area contributed by atoms with Gasteiger partial charge in [0.05, 0.1) is 6.33 Å². The lowest BCUT2D eigenvalue weighted by Crippen LogP contribution is -2.40. The number of rotatable bonds is 3. The first-order chi connectivity index (χ1) is 10.1. The Hall–Kier alpha value is -2.63. The molecule has 1 aliphatic rings.